The predicted octanol–water partition coefficient (Wildman–Crippen LogP) is 2.51. The minimum absolute atomic E-state index is 0.214. The Kier molecular flexibility index (Phi) is 5.16. The number of carbonyl (C=O) groups excluding carboxylic acids is 1. The zero-order valence-electron chi connectivity index (χ0n) is 14.9. The van der Waals surface area contributed by atoms with Crippen molar-refractivity contribution in [3.05, 3.63) is 0 Å². The number of hydrogen-bond donors (Lipinski definition) is 2. The third-order valence-electron chi connectivity index (χ3n) is 5.34. The Hall–Kier alpha value is -0.810. The van der Waals surface area contributed by atoms with E-state index in [1.54, 1.807) is 0 Å². The van der Waals surface area contributed by atoms with Crippen molar-refractivity contribution in [1.29, 1.82) is 0 Å². The van der Waals surface area contributed by atoms with Gasteiger partial charge in [-0.2, -0.15) is 0 Å². The second-order valence-electron chi connectivity index (χ2n) is 8.55. The molecule has 1 saturated carbocycles. The van der Waals surface area contributed by atoms with E-state index in [1.807, 2.05) is 20.8 Å². The number of amides is 1. The van der Waals surface area contributed by atoms with Crippen LogP contribution < -0.4 is 10.6 Å². The number of piperidine rings is 1. The Morgan fingerprint density at radius 3 is 2.70 bits per heavy atom. The molecule has 5 nitrogen and oxygen atoms in total. The molecule has 0 radical (unpaired) electrons. The van der Waals surface area contributed by atoms with E-state index in [9.17, 15) is 4.79 Å². The van der Waals surface area contributed by atoms with Crippen LogP contribution in [0.1, 0.15) is 59.3 Å². The van der Waals surface area contributed by atoms with Crippen LogP contribution in [0.5, 0.6) is 0 Å². The summed E-state index contributed by atoms with van der Waals surface area (Å²) in [5.41, 5.74) is -0.430. The van der Waals surface area contributed by atoms with Gasteiger partial charge in [0.2, 0.25) is 0 Å². The molecule has 0 aromatic rings. The molecule has 2 aliphatic heterocycles. The highest BCUT2D eigenvalue weighted by molar-refractivity contribution is 5.68. The summed E-state index contributed by atoms with van der Waals surface area (Å²) in [7, 11) is 0. The molecule has 2 heterocycles. The van der Waals surface area contributed by atoms with Crippen LogP contribution in [0, 0.1) is 5.92 Å². The zero-order valence-corrected chi connectivity index (χ0v) is 14.9. The lowest BCUT2D eigenvalue weighted by Crippen LogP contribution is -2.51. The summed E-state index contributed by atoms with van der Waals surface area (Å²) in [6.45, 7) is 9.13. The number of nitrogens with zero attached hydrogens (tertiary/aromatic N) is 1. The summed E-state index contributed by atoms with van der Waals surface area (Å²) in [6.07, 6.45) is 7.40. The quantitative estimate of drug-likeness (QED) is 0.816. The molecule has 0 aromatic carbocycles. The number of alkyl carbamates (subject to hydrolysis) is 1. The topological polar surface area (TPSA) is 53.6 Å². The van der Waals surface area contributed by atoms with Crippen LogP contribution in [0.4, 0.5) is 4.79 Å². The van der Waals surface area contributed by atoms with Gasteiger partial charge in [-0.3, -0.25) is 0 Å². The molecule has 1 amide bonds. The first kappa shape index (κ1) is 17.0. The molecular weight excluding hydrogens is 290 g/mol. The summed E-state index contributed by atoms with van der Waals surface area (Å²) in [6, 6.07) is 1.61. The molecule has 2 N–H and O–H groups in total. The van der Waals surface area contributed by atoms with Crippen LogP contribution in [-0.4, -0.2) is 54.4 Å². The Labute approximate surface area is 140 Å². The van der Waals surface area contributed by atoms with E-state index >= 15 is 0 Å². The molecule has 1 aliphatic carbocycles. The van der Waals surface area contributed by atoms with Crippen molar-refractivity contribution < 1.29 is 9.53 Å². The minimum Gasteiger partial charge on any atom is -0.444 e. The van der Waals surface area contributed by atoms with Gasteiger partial charge in [-0.15, -0.1) is 0 Å². The molecule has 23 heavy (non-hydrogen) atoms. The van der Waals surface area contributed by atoms with Crippen LogP contribution in [0.15, 0.2) is 0 Å². The summed E-state index contributed by atoms with van der Waals surface area (Å²) < 4.78 is 5.41. The van der Waals surface area contributed by atoms with Crippen molar-refractivity contribution in [2.75, 3.05) is 19.6 Å². The van der Waals surface area contributed by atoms with E-state index in [4.69, 9.17) is 4.74 Å². The predicted molar refractivity (Wildman–Crippen MR) is 91.5 cm³/mol. The van der Waals surface area contributed by atoms with Crippen molar-refractivity contribution in [3.8, 4) is 0 Å². The van der Waals surface area contributed by atoms with Crippen molar-refractivity contribution in [2.45, 2.75) is 83.0 Å². The summed E-state index contributed by atoms with van der Waals surface area (Å²) in [5, 5.41) is 6.81. The first-order chi connectivity index (χ1) is 10.9. The maximum absolute atomic E-state index is 12.0. The molecule has 132 valence electrons. The van der Waals surface area contributed by atoms with Gasteiger partial charge in [-0.1, -0.05) is 0 Å². The van der Waals surface area contributed by atoms with E-state index in [0.29, 0.717) is 12.0 Å². The number of carbonyl (C=O) groups is 1. The molecular formula is C18H33N3O2. The standard InChI is InChI=1S/C18H33N3O2/c1-18(2,3)23-17(22)20-16(13-6-7-13)12-19-14-8-10-21-9-4-5-15(21)11-14/h13-16,19H,4-12H2,1-3H3,(H,20,22). The van der Waals surface area contributed by atoms with E-state index in [2.05, 4.69) is 15.5 Å². The third kappa shape index (κ3) is 5.08. The summed E-state index contributed by atoms with van der Waals surface area (Å²) in [5.74, 6) is 0.626. The second kappa shape index (κ2) is 6.98. The Balaban J connectivity index is 1.43. The fourth-order valence-corrected chi connectivity index (χ4v) is 4.00. The number of hydrogen-bond acceptors (Lipinski definition) is 4. The number of rotatable bonds is 5. The smallest absolute Gasteiger partial charge is 0.407 e. The van der Waals surface area contributed by atoms with E-state index in [0.717, 1.165) is 12.6 Å². The molecule has 3 rings (SSSR count). The average molecular weight is 323 g/mol. The fourth-order valence-electron chi connectivity index (χ4n) is 4.00. The highest BCUT2D eigenvalue weighted by atomic mass is 16.6. The van der Waals surface area contributed by atoms with Crippen molar-refractivity contribution in [3.63, 3.8) is 0 Å². The van der Waals surface area contributed by atoms with Gasteiger partial charge in [0.05, 0.1) is 0 Å². The lowest BCUT2D eigenvalue weighted by Gasteiger charge is -2.36. The minimum atomic E-state index is -0.430. The van der Waals surface area contributed by atoms with Crippen molar-refractivity contribution in [2.24, 2.45) is 5.92 Å². The number of fused-ring (bicyclic) bond motifs is 1. The lowest BCUT2D eigenvalue weighted by molar-refractivity contribution is 0.0495. The van der Waals surface area contributed by atoms with Gasteiger partial charge < -0.3 is 20.3 Å². The molecule has 0 spiro atoms. The van der Waals surface area contributed by atoms with Gasteiger partial charge in [0, 0.05) is 24.7 Å². The van der Waals surface area contributed by atoms with Crippen LogP contribution in [0.2, 0.25) is 0 Å². The van der Waals surface area contributed by atoms with Crippen LogP contribution >= 0.6 is 0 Å². The van der Waals surface area contributed by atoms with E-state index in [1.165, 1.54) is 51.6 Å². The lowest BCUT2D eigenvalue weighted by atomic mass is 9.97. The Morgan fingerprint density at radius 1 is 1.22 bits per heavy atom. The first-order valence-corrected chi connectivity index (χ1v) is 9.38. The van der Waals surface area contributed by atoms with E-state index < -0.39 is 5.60 Å². The monoisotopic (exact) mass is 323 g/mol. The first-order valence-electron chi connectivity index (χ1n) is 9.38. The normalized spacial score (nSPS) is 29.9. The molecule has 0 bridgehead atoms. The van der Waals surface area contributed by atoms with Crippen molar-refractivity contribution in [1.82, 2.24) is 15.5 Å². The molecule has 5 heteroatoms. The number of ether oxygens (including phenoxy) is 1. The van der Waals surface area contributed by atoms with Gasteiger partial charge in [-0.05, 0) is 78.3 Å². The zero-order chi connectivity index (χ0) is 16.4. The molecule has 0 aromatic heterocycles. The molecule has 3 fully saturated rings. The van der Waals surface area contributed by atoms with Gasteiger partial charge in [0.1, 0.15) is 5.60 Å². The Bertz CT molecular complexity index is 417. The number of nitrogens with one attached hydrogen (secondary N) is 2. The maximum Gasteiger partial charge on any atom is 0.407 e. The highest BCUT2D eigenvalue weighted by Gasteiger charge is 2.35. The van der Waals surface area contributed by atoms with Crippen molar-refractivity contribution >= 4 is 6.09 Å². The van der Waals surface area contributed by atoms with Gasteiger partial charge in [0.15, 0.2) is 0 Å². The fraction of sp³-hybridized carbons (Fsp3) is 0.944. The second-order valence-corrected chi connectivity index (χ2v) is 8.55. The highest BCUT2D eigenvalue weighted by Crippen LogP contribution is 2.33. The maximum atomic E-state index is 12.0. The molecule has 3 atom stereocenters. The molecule has 2 saturated heterocycles. The summed E-state index contributed by atoms with van der Waals surface area (Å²) in [4.78, 5) is 14.7. The average Bonchev–Trinajstić information content (AvgIpc) is 3.19. The van der Waals surface area contributed by atoms with Crippen LogP contribution in [0.3, 0.4) is 0 Å². The Morgan fingerprint density at radius 2 is 2.00 bits per heavy atom. The molecule has 3 aliphatic rings. The largest absolute Gasteiger partial charge is 0.444 e. The molecule has 3 unspecified atom stereocenters. The van der Waals surface area contributed by atoms with Crippen LogP contribution in [-0.2, 0) is 4.74 Å². The third-order valence-corrected chi connectivity index (χ3v) is 5.34. The van der Waals surface area contributed by atoms with Crippen LogP contribution in [0.25, 0.3) is 0 Å². The van der Waals surface area contributed by atoms with Gasteiger partial charge in [-0.25, -0.2) is 4.79 Å². The van der Waals surface area contributed by atoms with Gasteiger partial charge in [0.25, 0.3) is 0 Å². The SMILES string of the molecule is CC(C)(C)OC(=O)NC(CNC1CCN2CCCC2C1)C1CC1. The summed E-state index contributed by atoms with van der Waals surface area (Å²) >= 11 is 0. The van der Waals surface area contributed by atoms with Gasteiger partial charge >= 0.3 is 6.09 Å². The van der Waals surface area contributed by atoms with E-state index in [-0.39, 0.29) is 12.1 Å².